The van der Waals surface area contributed by atoms with Crippen LogP contribution in [0, 0.1) is 0 Å². The molecule has 1 aromatic carbocycles. The van der Waals surface area contributed by atoms with Crippen molar-refractivity contribution in [3.8, 4) is 5.75 Å². The summed E-state index contributed by atoms with van der Waals surface area (Å²) in [6.45, 7) is 4.33. The van der Waals surface area contributed by atoms with E-state index in [1.165, 1.54) is 12.8 Å². The molecular weight excluding hydrogens is 254 g/mol. The van der Waals surface area contributed by atoms with Gasteiger partial charge in [-0.25, -0.2) is 4.79 Å². The maximum Gasteiger partial charge on any atom is 0.347 e. The average molecular weight is 279 g/mol. The summed E-state index contributed by atoms with van der Waals surface area (Å²) >= 11 is 0. The van der Waals surface area contributed by atoms with E-state index in [-0.39, 0.29) is 5.97 Å². The van der Waals surface area contributed by atoms with E-state index in [0.717, 1.165) is 12.8 Å². The van der Waals surface area contributed by atoms with Gasteiger partial charge in [0, 0.05) is 5.69 Å². The Hall–Kier alpha value is -1.71. The van der Waals surface area contributed by atoms with Crippen molar-refractivity contribution in [3.05, 3.63) is 24.3 Å². The monoisotopic (exact) mass is 279 g/mol. The number of hydrogen-bond donors (Lipinski definition) is 1. The first-order valence-electron chi connectivity index (χ1n) is 7.36. The smallest absolute Gasteiger partial charge is 0.347 e. The Labute approximate surface area is 121 Å². The number of nitrogens with two attached hydrogens (primary N) is 1. The molecule has 112 valence electrons. The lowest BCUT2D eigenvalue weighted by Crippen LogP contribution is -2.29. The zero-order valence-corrected chi connectivity index (χ0v) is 12.4. The highest BCUT2D eigenvalue weighted by Crippen LogP contribution is 2.18. The van der Waals surface area contributed by atoms with Crippen molar-refractivity contribution >= 4 is 11.7 Å². The van der Waals surface area contributed by atoms with E-state index in [1.807, 2.05) is 0 Å². The van der Waals surface area contributed by atoms with E-state index in [0.29, 0.717) is 24.5 Å². The molecule has 4 heteroatoms. The van der Waals surface area contributed by atoms with Crippen LogP contribution in [0.15, 0.2) is 24.3 Å². The standard InChI is InChI=1S/C16H25NO3/c1-3-5-6-7-8-15(16(18)19-4-2)20-14-11-9-13(17)10-12-14/h9-12,15H,3-8,17H2,1-2H3. The van der Waals surface area contributed by atoms with Gasteiger partial charge in [-0.15, -0.1) is 0 Å². The van der Waals surface area contributed by atoms with Gasteiger partial charge in [0.1, 0.15) is 5.75 Å². The summed E-state index contributed by atoms with van der Waals surface area (Å²) < 4.78 is 10.8. The number of carbonyl (C=O) groups is 1. The number of esters is 1. The van der Waals surface area contributed by atoms with Gasteiger partial charge in [-0.2, -0.15) is 0 Å². The highest BCUT2D eigenvalue weighted by molar-refractivity contribution is 5.75. The Morgan fingerprint density at radius 1 is 1.15 bits per heavy atom. The fraction of sp³-hybridized carbons (Fsp3) is 0.562. The van der Waals surface area contributed by atoms with Gasteiger partial charge in [-0.1, -0.05) is 26.2 Å². The highest BCUT2D eigenvalue weighted by Gasteiger charge is 2.21. The van der Waals surface area contributed by atoms with Crippen molar-refractivity contribution in [3.63, 3.8) is 0 Å². The van der Waals surface area contributed by atoms with Crippen molar-refractivity contribution in [2.45, 2.75) is 52.1 Å². The molecule has 0 bridgehead atoms. The lowest BCUT2D eigenvalue weighted by atomic mass is 10.1. The van der Waals surface area contributed by atoms with Crippen LogP contribution in [-0.4, -0.2) is 18.7 Å². The fourth-order valence-corrected chi connectivity index (χ4v) is 1.93. The van der Waals surface area contributed by atoms with Gasteiger partial charge >= 0.3 is 5.97 Å². The Bertz CT molecular complexity index is 389. The number of unbranched alkanes of at least 4 members (excludes halogenated alkanes) is 3. The molecule has 0 radical (unpaired) electrons. The number of rotatable bonds is 9. The summed E-state index contributed by atoms with van der Waals surface area (Å²) in [6.07, 6.45) is 4.57. The molecule has 1 atom stereocenters. The van der Waals surface area contributed by atoms with E-state index in [2.05, 4.69) is 6.92 Å². The largest absolute Gasteiger partial charge is 0.479 e. The number of nitrogen functional groups attached to an aromatic ring is 1. The van der Waals surface area contributed by atoms with Crippen molar-refractivity contribution < 1.29 is 14.3 Å². The lowest BCUT2D eigenvalue weighted by molar-refractivity contribution is -0.151. The van der Waals surface area contributed by atoms with E-state index in [9.17, 15) is 4.79 Å². The molecule has 1 aromatic rings. The highest BCUT2D eigenvalue weighted by atomic mass is 16.6. The molecule has 1 rings (SSSR count). The molecule has 1 unspecified atom stereocenters. The van der Waals surface area contributed by atoms with Crippen LogP contribution in [-0.2, 0) is 9.53 Å². The molecule has 0 fully saturated rings. The Kier molecular flexibility index (Phi) is 7.55. The van der Waals surface area contributed by atoms with E-state index >= 15 is 0 Å². The lowest BCUT2D eigenvalue weighted by Gasteiger charge is -2.17. The molecular formula is C16H25NO3. The normalized spacial score (nSPS) is 11.9. The topological polar surface area (TPSA) is 61.5 Å². The fourth-order valence-electron chi connectivity index (χ4n) is 1.93. The van der Waals surface area contributed by atoms with E-state index in [4.69, 9.17) is 15.2 Å². The van der Waals surface area contributed by atoms with Crippen molar-refractivity contribution in [1.82, 2.24) is 0 Å². The summed E-state index contributed by atoms with van der Waals surface area (Å²) in [4.78, 5) is 11.9. The molecule has 0 spiro atoms. The molecule has 0 amide bonds. The average Bonchev–Trinajstić information content (AvgIpc) is 2.44. The predicted octanol–water partition coefficient (Wildman–Crippen LogP) is 3.55. The molecule has 0 aromatic heterocycles. The first kappa shape index (κ1) is 16.3. The first-order valence-corrected chi connectivity index (χ1v) is 7.36. The minimum Gasteiger partial charge on any atom is -0.479 e. The van der Waals surface area contributed by atoms with Crippen LogP contribution < -0.4 is 10.5 Å². The third kappa shape index (κ3) is 5.95. The second-order valence-electron chi connectivity index (χ2n) is 4.78. The van der Waals surface area contributed by atoms with Crippen molar-refractivity contribution in [2.24, 2.45) is 0 Å². The maximum atomic E-state index is 11.9. The second kappa shape index (κ2) is 9.23. The Morgan fingerprint density at radius 2 is 1.85 bits per heavy atom. The summed E-state index contributed by atoms with van der Waals surface area (Å²) in [7, 11) is 0. The zero-order chi connectivity index (χ0) is 14.8. The minimum absolute atomic E-state index is 0.291. The third-order valence-corrected chi connectivity index (χ3v) is 3.03. The Morgan fingerprint density at radius 3 is 2.45 bits per heavy atom. The molecule has 20 heavy (non-hydrogen) atoms. The van der Waals surface area contributed by atoms with Gasteiger partial charge < -0.3 is 15.2 Å². The molecule has 0 aliphatic heterocycles. The maximum absolute atomic E-state index is 11.9. The van der Waals surface area contributed by atoms with Crippen LogP contribution in [0.25, 0.3) is 0 Å². The van der Waals surface area contributed by atoms with Crippen LogP contribution in [0.5, 0.6) is 5.75 Å². The van der Waals surface area contributed by atoms with Gasteiger partial charge in [0.25, 0.3) is 0 Å². The summed E-state index contributed by atoms with van der Waals surface area (Å²) in [6, 6.07) is 7.06. The zero-order valence-electron chi connectivity index (χ0n) is 12.4. The van der Waals surface area contributed by atoms with Gasteiger partial charge in [0.05, 0.1) is 6.61 Å². The van der Waals surface area contributed by atoms with Crippen molar-refractivity contribution in [2.75, 3.05) is 12.3 Å². The first-order chi connectivity index (χ1) is 9.67. The quantitative estimate of drug-likeness (QED) is 0.426. The van der Waals surface area contributed by atoms with Crippen LogP contribution >= 0.6 is 0 Å². The summed E-state index contributed by atoms with van der Waals surface area (Å²) in [5.41, 5.74) is 6.31. The molecule has 0 aliphatic carbocycles. The summed E-state index contributed by atoms with van der Waals surface area (Å²) in [5.74, 6) is 0.355. The number of hydrogen-bond acceptors (Lipinski definition) is 4. The minimum atomic E-state index is -0.532. The van der Waals surface area contributed by atoms with Gasteiger partial charge in [0.15, 0.2) is 6.10 Å². The molecule has 0 saturated heterocycles. The van der Waals surface area contributed by atoms with Gasteiger partial charge in [-0.05, 0) is 44.0 Å². The molecule has 0 heterocycles. The van der Waals surface area contributed by atoms with Crippen LogP contribution in [0.4, 0.5) is 5.69 Å². The molecule has 0 saturated carbocycles. The molecule has 2 N–H and O–H groups in total. The van der Waals surface area contributed by atoms with Gasteiger partial charge in [0.2, 0.25) is 0 Å². The van der Waals surface area contributed by atoms with Gasteiger partial charge in [-0.3, -0.25) is 0 Å². The third-order valence-electron chi connectivity index (χ3n) is 3.03. The number of anilines is 1. The number of carbonyl (C=O) groups excluding carboxylic acids is 1. The van der Waals surface area contributed by atoms with E-state index in [1.54, 1.807) is 31.2 Å². The van der Waals surface area contributed by atoms with E-state index < -0.39 is 6.10 Å². The number of benzene rings is 1. The predicted molar refractivity (Wildman–Crippen MR) is 80.7 cm³/mol. The SMILES string of the molecule is CCCCCCC(Oc1ccc(N)cc1)C(=O)OCC. The van der Waals surface area contributed by atoms with Crippen LogP contribution in [0.3, 0.4) is 0 Å². The second-order valence-corrected chi connectivity index (χ2v) is 4.78. The molecule has 0 aliphatic rings. The molecule has 4 nitrogen and oxygen atoms in total. The number of ether oxygens (including phenoxy) is 2. The Balaban J connectivity index is 2.56. The summed E-state index contributed by atoms with van der Waals surface area (Å²) in [5, 5.41) is 0. The van der Waals surface area contributed by atoms with Crippen LogP contribution in [0.1, 0.15) is 46.0 Å². The van der Waals surface area contributed by atoms with Crippen LogP contribution in [0.2, 0.25) is 0 Å². The van der Waals surface area contributed by atoms with Crippen molar-refractivity contribution in [1.29, 1.82) is 0 Å².